The molecular weight excluding hydrogens is 586 g/mol. The smallest absolute Gasteiger partial charge is 0.351 e. The number of ether oxygens (including phenoxy) is 2. The quantitative estimate of drug-likeness (QED) is 0.0712. The summed E-state index contributed by atoms with van der Waals surface area (Å²) in [6.07, 6.45) is 29.3. The van der Waals surface area contributed by atoms with Gasteiger partial charge in [-0.05, 0) is 18.9 Å². The molecule has 1 N–H and O–H groups in total. The summed E-state index contributed by atoms with van der Waals surface area (Å²) in [5, 5.41) is 2.75. The van der Waals surface area contributed by atoms with Gasteiger partial charge in [0.25, 0.3) is 0 Å². The summed E-state index contributed by atoms with van der Waals surface area (Å²) in [4.78, 5) is 41.2. The Bertz CT molecular complexity index is 972. The average molecular weight is 650 g/mol. The van der Waals surface area contributed by atoms with Crippen LogP contribution < -0.4 is 11.0 Å². The van der Waals surface area contributed by atoms with E-state index in [1.807, 2.05) is 0 Å². The monoisotopic (exact) mass is 649 g/mol. The van der Waals surface area contributed by atoms with Crippen molar-refractivity contribution in [3.05, 3.63) is 22.7 Å². The molecule has 1 aliphatic heterocycles. The summed E-state index contributed by atoms with van der Waals surface area (Å²) in [7, 11) is 0. The van der Waals surface area contributed by atoms with Crippen LogP contribution in [0.1, 0.15) is 174 Å². The van der Waals surface area contributed by atoms with Crippen LogP contribution in [0.25, 0.3) is 0 Å². The van der Waals surface area contributed by atoms with Gasteiger partial charge in [0, 0.05) is 24.8 Å². The maximum atomic E-state index is 12.6. The van der Waals surface area contributed by atoms with E-state index in [9.17, 15) is 14.4 Å². The number of esters is 1. The van der Waals surface area contributed by atoms with Gasteiger partial charge in [-0.25, -0.2) is 4.79 Å². The Morgan fingerprint density at radius 1 is 0.800 bits per heavy atom. The first-order chi connectivity index (χ1) is 22.0. The van der Waals surface area contributed by atoms with E-state index in [1.54, 1.807) is 12.3 Å². The summed E-state index contributed by atoms with van der Waals surface area (Å²) in [5.41, 5.74) is -0.782. The lowest BCUT2D eigenvalue weighted by atomic mass is 10.1. The van der Waals surface area contributed by atoms with Gasteiger partial charge in [0.2, 0.25) is 5.91 Å². The molecule has 2 atom stereocenters. The van der Waals surface area contributed by atoms with Crippen molar-refractivity contribution in [1.29, 1.82) is 0 Å². The van der Waals surface area contributed by atoms with Crippen LogP contribution in [0.2, 0.25) is 0 Å². The van der Waals surface area contributed by atoms with Crippen molar-refractivity contribution in [2.24, 2.45) is 0 Å². The van der Waals surface area contributed by atoms with Crippen LogP contribution in [0.3, 0.4) is 0 Å². The van der Waals surface area contributed by atoms with Gasteiger partial charge in [-0.15, -0.1) is 11.8 Å². The van der Waals surface area contributed by atoms with Gasteiger partial charge in [-0.2, -0.15) is 4.98 Å². The van der Waals surface area contributed by atoms with Crippen molar-refractivity contribution in [3.8, 4) is 0 Å². The molecule has 1 aliphatic rings. The molecule has 0 spiro atoms. The largest absolute Gasteiger partial charge is 0.462 e. The van der Waals surface area contributed by atoms with E-state index in [1.165, 1.54) is 125 Å². The number of rotatable bonds is 28. The third-order valence-electron chi connectivity index (χ3n) is 8.51. The lowest BCUT2D eigenvalue weighted by Crippen LogP contribution is -2.29. The second-order valence-corrected chi connectivity index (χ2v) is 13.9. The number of unbranched alkanes of at least 4 members (excludes halogenated alkanes) is 20. The lowest BCUT2D eigenvalue weighted by molar-refractivity contribution is -0.147. The number of nitrogens with zero attached hydrogens (tertiary/aromatic N) is 2. The number of carbonyl (C=O) groups excluding carboxylic acids is 2. The van der Waals surface area contributed by atoms with Crippen molar-refractivity contribution in [3.63, 3.8) is 0 Å². The Morgan fingerprint density at radius 2 is 1.29 bits per heavy atom. The molecule has 1 saturated heterocycles. The second kappa shape index (κ2) is 26.2. The molecule has 0 unspecified atom stereocenters. The topological polar surface area (TPSA) is 99.5 Å². The molecule has 9 heteroatoms. The normalized spacial score (nSPS) is 16.2. The van der Waals surface area contributed by atoms with Gasteiger partial charge in [-0.3, -0.25) is 14.2 Å². The first-order valence-electron chi connectivity index (χ1n) is 18.3. The molecule has 0 bridgehead atoms. The minimum atomic E-state index is -0.480. The maximum absolute atomic E-state index is 12.6. The molecule has 1 fully saturated rings. The number of carbonyl (C=O) groups is 2. The molecule has 8 nitrogen and oxygen atoms in total. The van der Waals surface area contributed by atoms with E-state index in [0.29, 0.717) is 18.6 Å². The Hall–Kier alpha value is -1.87. The zero-order valence-electron chi connectivity index (χ0n) is 28.5. The Labute approximate surface area is 277 Å². The van der Waals surface area contributed by atoms with Crippen LogP contribution in [0.15, 0.2) is 17.1 Å². The highest BCUT2D eigenvalue weighted by Gasteiger charge is 2.29. The first kappa shape index (κ1) is 39.3. The minimum absolute atomic E-state index is 0.113. The first-order valence-corrected chi connectivity index (χ1v) is 19.4. The van der Waals surface area contributed by atoms with Crippen LogP contribution in [0, 0.1) is 0 Å². The average Bonchev–Trinajstić information content (AvgIpc) is 3.50. The predicted octanol–water partition coefficient (Wildman–Crippen LogP) is 9.72. The number of hydrogen-bond donors (Lipinski definition) is 1. The molecule has 0 aromatic carbocycles. The molecule has 2 rings (SSSR count). The fourth-order valence-corrected chi connectivity index (χ4v) is 6.69. The van der Waals surface area contributed by atoms with E-state index < -0.39 is 11.9 Å². The summed E-state index contributed by atoms with van der Waals surface area (Å²) in [5.74, 6) is 0.527. The zero-order valence-corrected chi connectivity index (χ0v) is 29.4. The summed E-state index contributed by atoms with van der Waals surface area (Å²) < 4.78 is 12.8. The molecule has 45 heavy (non-hydrogen) atoms. The highest BCUT2D eigenvalue weighted by molar-refractivity contribution is 8.00. The van der Waals surface area contributed by atoms with E-state index in [-0.39, 0.29) is 29.7 Å². The SMILES string of the molecule is CCCCCCCCCCCCCC(=O)Nc1ccn([C@@H]2CS[C@H](COC(=O)CCCCCCCCCCCCC)O2)c(=O)n1. The Morgan fingerprint density at radius 3 is 1.80 bits per heavy atom. The predicted molar refractivity (Wildman–Crippen MR) is 187 cm³/mol. The summed E-state index contributed by atoms with van der Waals surface area (Å²) in [6, 6.07) is 1.63. The van der Waals surface area contributed by atoms with E-state index in [0.717, 1.165) is 32.1 Å². The van der Waals surface area contributed by atoms with Crippen molar-refractivity contribution in [2.45, 2.75) is 180 Å². The third kappa shape index (κ3) is 19.4. The zero-order chi connectivity index (χ0) is 32.4. The molecule has 0 saturated carbocycles. The Balaban J connectivity index is 1.52. The van der Waals surface area contributed by atoms with Gasteiger partial charge in [0.15, 0.2) is 0 Å². The van der Waals surface area contributed by atoms with E-state index in [4.69, 9.17) is 9.47 Å². The van der Waals surface area contributed by atoms with Crippen molar-refractivity contribution in [2.75, 3.05) is 17.7 Å². The van der Waals surface area contributed by atoms with E-state index in [2.05, 4.69) is 24.1 Å². The van der Waals surface area contributed by atoms with Crippen LogP contribution in [0.4, 0.5) is 5.82 Å². The number of nitrogens with one attached hydrogen (secondary N) is 1. The lowest BCUT2D eigenvalue weighted by Gasteiger charge is -2.15. The van der Waals surface area contributed by atoms with Gasteiger partial charge in [-0.1, -0.05) is 142 Å². The highest BCUT2D eigenvalue weighted by atomic mass is 32.2. The van der Waals surface area contributed by atoms with Crippen molar-refractivity contribution >= 4 is 29.5 Å². The van der Waals surface area contributed by atoms with Crippen LogP contribution in [-0.2, 0) is 19.1 Å². The molecule has 2 heterocycles. The van der Waals surface area contributed by atoms with Crippen molar-refractivity contribution in [1.82, 2.24) is 9.55 Å². The van der Waals surface area contributed by atoms with E-state index >= 15 is 0 Å². The number of anilines is 1. The van der Waals surface area contributed by atoms with Crippen LogP contribution in [0.5, 0.6) is 0 Å². The Kier molecular flexibility index (Phi) is 22.9. The van der Waals surface area contributed by atoms with Crippen LogP contribution >= 0.6 is 11.8 Å². The standard InChI is InChI=1S/C36H63N3O5S/c1-3-5-7-9-11-13-15-17-19-21-23-25-32(40)37-31-27-28-39(36(42)38-31)33-30-45-35(44-33)29-43-34(41)26-24-22-20-18-16-14-12-10-8-6-4-2/h27-28,33,35H,3-26,29-30H2,1-2H3,(H,37,38,40,42)/t33-,35+/m0/s1. The molecule has 0 radical (unpaired) electrons. The fourth-order valence-electron chi connectivity index (χ4n) is 5.70. The van der Waals surface area contributed by atoms with Gasteiger partial charge < -0.3 is 14.8 Å². The third-order valence-corrected chi connectivity index (χ3v) is 9.61. The second-order valence-electron chi connectivity index (χ2n) is 12.7. The molecule has 1 amide bonds. The van der Waals surface area contributed by atoms with Crippen LogP contribution in [-0.4, -0.2) is 39.2 Å². The van der Waals surface area contributed by atoms with Crippen molar-refractivity contribution < 1.29 is 19.1 Å². The molecule has 1 aromatic heterocycles. The van der Waals surface area contributed by atoms with Gasteiger partial charge in [0.1, 0.15) is 24.1 Å². The number of aromatic nitrogens is 2. The molecular formula is C36H63N3O5S. The summed E-state index contributed by atoms with van der Waals surface area (Å²) >= 11 is 1.52. The number of amides is 1. The van der Waals surface area contributed by atoms with Gasteiger partial charge >= 0.3 is 11.7 Å². The molecule has 1 aromatic rings. The minimum Gasteiger partial charge on any atom is -0.462 e. The summed E-state index contributed by atoms with van der Waals surface area (Å²) in [6.45, 7) is 4.67. The highest BCUT2D eigenvalue weighted by Crippen LogP contribution is 2.31. The number of thioether (sulfide) groups is 1. The van der Waals surface area contributed by atoms with Gasteiger partial charge in [0.05, 0.1) is 0 Å². The number of hydrogen-bond acceptors (Lipinski definition) is 7. The maximum Gasteiger partial charge on any atom is 0.351 e. The molecule has 258 valence electrons. The fraction of sp³-hybridized carbons (Fsp3) is 0.833. The molecule has 0 aliphatic carbocycles.